The third-order valence-electron chi connectivity index (χ3n) is 6.89. The van der Waals surface area contributed by atoms with E-state index < -0.39 is 33.2 Å². The van der Waals surface area contributed by atoms with Gasteiger partial charge in [-0.1, -0.05) is 58.4 Å². The minimum absolute atomic E-state index is 0.0259. The number of carbonyl (C=O) groups is 1. The quantitative estimate of drug-likeness (QED) is 0.169. The fourth-order valence-electron chi connectivity index (χ4n) is 5.05. The van der Waals surface area contributed by atoms with Gasteiger partial charge in [-0.15, -0.1) is 0 Å². The van der Waals surface area contributed by atoms with Gasteiger partial charge in [0.15, 0.2) is 0 Å². The number of aromatic amines is 1. The SMILES string of the molecule is O=C(c1ccc([N+](=O)[O-])o1)N1N=C(c2c(-c3ccccc3)c3cc(Br)ccc3[nH]c2=O)C[C@@H]1c1cccc([N+](=O)[O-])c1. The van der Waals surface area contributed by atoms with Crippen molar-refractivity contribution in [3.05, 3.63) is 137 Å². The Labute approximate surface area is 244 Å². The molecule has 3 aromatic carbocycles. The van der Waals surface area contributed by atoms with Crippen molar-refractivity contribution in [1.82, 2.24) is 9.99 Å². The van der Waals surface area contributed by atoms with Crippen molar-refractivity contribution in [3.8, 4) is 11.1 Å². The van der Waals surface area contributed by atoms with E-state index >= 15 is 0 Å². The van der Waals surface area contributed by atoms with Crippen LogP contribution in [0.5, 0.6) is 0 Å². The molecule has 6 rings (SSSR count). The average molecular weight is 628 g/mol. The number of rotatable bonds is 6. The number of hydrogen-bond donors (Lipinski definition) is 1. The third-order valence-corrected chi connectivity index (χ3v) is 7.39. The average Bonchev–Trinajstić information content (AvgIpc) is 3.66. The third kappa shape index (κ3) is 4.75. The number of H-pyrrole nitrogens is 1. The minimum atomic E-state index is -0.877. The number of nitrogens with one attached hydrogen (secondary N) is 1. The molecule has 1 amide bonds. The summed E-state index contributed by atoms with van der Waals surface area (Å²) in [5, 5.41) is 29.0. The molecule has 0 unspecified atom stereocenters. The molecular formula is C29H18BrN5O7. The molecule has 0 saturated carbocycles. The number of halogens is 1. The van der Waals surface area contributed by atoms with Crippen LogP contribution in [0.2, 0.25) is 0 Å². The second-order valence-corrected chi connectivity index (χ2v) is 10.3. The number of non-ortho nitro benzene ring substituents is 1. The number of amides is 1. The highest BCUT2D eigenvalue weighted by Gasteiger charge is 2.38. The smallest absolute Gasteiger partial charge is 0.395 e. The van der Waals surface area contributed by atoms with Gasteiger partial charge in [0.1, 0.15) is 4.92 Å². The summed E-state index contributed by atoms with van der Waals surface area (Å²) in [5.74, 6) is -1.78. The molecule has 2 aromatic heterocycles. The summed E-state index contributed by atoms with van der Waals surface area (Å²) >= 11 is 3.50. The van der Waals surface area contributed by atoms with Crippen LogP contribution in [0.1, 0.15) is 34.1 Å². The van der Waals surface area contributed by atoms with E-state index in [0.717, 1.165) is 32.6 Å². The molecule has 1 aliphatic heterocycles. The van der Waals surface area contributed by atoms with Crippen molar-refractivity contribution in [2.45, 2.75) is 12.5 Å². The Kier molecular flexibility index (Phi) is 6.71. The highest BCUT2D eigenvalue weighted by Crippen LogP contribution is 2.39. The number of benzene rings is 3. The summed E-state index contributed by atoms with van der Waals surface area (Å²) in [7, 11) is 0. The number of aromatic nitrogens is 1. The molecule has 1 N–H and O–H groups in total. The van der Waals surface area contributed by atoms with E-state index in [4.69, 9.17) is 4.42 Å². The molecule has 42 heavy (non-hydrogen) atoms. The lowest BCUT2D eigenvalue weighted by Gasteiger charge is -2.20. The molecule has 0 bridgehead atoms. The fourth-order valence-corrected chi connectivity index (χ4v) is 5.41. The summed E-state index contributed by atoms with van der Waals surface area (Å²) in [6, 6.07) is 21.8. The second-order valence-electron chi connectivity index (χ2n) is 9.42. The first-order chi connectivity index (χ1) is 20.2. The van der Waals surface area contributed by atoms with Crippen molar-refractivity contribution in [2.24, 2.45) is 5.10 Å². The van der Waals surface area contributed by atoms with Gasteiger partial charge in [-0.25, -0.2) is 5.01 Å². The van der Waals surface area contributed by atoms with E-state index in [9.17, 15) is 29.8 Å². The first-order valence-corrected chi connectivity index (χ1v) is 13.3. The van der Waals surface area contributed by atoms with Crippen LogP contribution in [-0.2, 0) is 0 Å². The van der Waals surface area contributed by atoms with Crippen LogP contribution >= 0.6 is 15.9 Å². The normalized spacial score (nSPS) is 14.6. The molecule has 0 saturated heterocycles. The maximum absolute atomic E-state index is 13.7. The summed E-state index contributed by atoms with van der Waals surface area (Å²) < 4.78 is 5.93. The molecule has 13 heteroatoms. The Bertz CT molecular complexity index is 2000. The molecule has 208 valence electrons. The number of furan rings is 1. The summed E-state index contributed by atoms with van der Waals surface area (Å²) in [4.78, 5) is 51.6. The van der Waals surface area contributed by atoms with Crippen molar-refractivity contribution < 1.29 is 19.1 Å². The number of nitrogens with zero attached hydrogens (tertiary/aromatic N) is 4. The zero-order chi connectivity index (χ0) is 29.5. The topological polar surface area (TPSA) is 165 Å². The molecule has 1 aliphatic rings. The molecule has 0 radical (unpaired) electrons. The van der Waals surface area contributed by atoms with Crippen LogP contribution in [-0.4, -0.2) is 31.5 Å². The van der Waals surface area contributed by atoms with Gasteiger partial charge in [0, 0.05) is 39.5 Å². The van der Waals surface area contributed by atoms with E-state index in [-0.39, 0.29) is 29.1 Å². The van der Waals surface area contributed by atoms with Gasteiger partial charge in [0.25, 0.3) is 11.2 Å². The monoisotopic (exact) mass is 627 g/mol. The van der Waals surface area contributed by atoms with E-state index in [2.05, 4.69) is 26.0 Å². The molecule has 1 atom stereocenters. The number of hydrazone groups is 1. The molecule has 12 nitrogen and oxygen atoms in total. The standard InChI is InChI=1S/C29H18BrN5O7/c30-18-9-10-21-20(14-18)26(16-5-2-1-3-6-16)27(28(36)31-21)22-15-23(17-7-4-8-19(13-17)34(38)39)33(32-22)29(37)24-11-12-25(42-24)35(40)41/h1-14,23H,15H2,(H,31,36)/t23-/m1/s1. The van der Waals surface area contributed by atoms with Gasteiger partial charge in [0.05, 0.1) is 28.3 Å². The van der Waals surface area contributed by atoms with Crippen molar-refractivity contribution in [1.29, 1.82) is 0 Å². The zero-order valence-corrected chi connectivity index (χ0v) is 23.0. The maximum Gasteiger partial charge on any atom is 0.433 e. The Hall–Kier alpha value is -5.43. The second kappa shape index (κ2) is 10.5. The van der Waals surface area contributed by atoms with Crippen molar-refractivity contribution >= 4 is 50.0 Å². The van der Waals surface area contributed by atoms with E-state index in [0.29, 0.717) is 16.6 Å². The molecule has 3 heterocycles. The van der Waals surface area contributed by atoms with Crippen LogP contribution in [0.25, 0.3) is 22.0 Å². The predicted octanol–water partition coefficient (Wildman–Crippen LogP) is 6.36. The van der Waals surface area contributed by atoms with Gasteiger partial charge >= 0.3 is 11.8 Å². The van der Waals surface area contributed by atoms with E-state index in [1.54, 1.807) is 18.2 Å². The lowest BCUT2D eigenvalue weighted by molar-refractivity contribution is -0.402. The first kappa shape index (κ1) is 26.8. The number of pyridine rings is 1. The molecular weight excluding hydrogens is 610 g/mol. The Balaban J connectivity index is 1.56. The number of carbonyl (C=O) groups excluding carboxylic acids is 1. The summed E-state index contributed by atoms with van der Waals surface area (Å²) in [6.45, 7) is 0. The van der Waals surface area contributed by atoms with Crippen LogP contribution < -0.4 is 5.56 Å². The van der Waals surface area contributed by atoms with Gasteiger partial charge in [-0.05, 0) is 35.4 Å². The highest BCUT2D eigenvalue weighted by molar-refractivity contribution is 9.10. The predicted molar refractivity (Wildman–Crippen MR) is 156 cm³/mol. The van der Waals surface area contributed by atoms with Crippen LogP contribution in [0.15, 0.2) is 104 Å². The summed E-state index contributed by atoms with van der Waals surface area (Å²) in [6.07, 6.45) is 0.0259. The lowest BCUT2D eigenvalue weighted by atomic mass is 9.91. The number of nitro benzene ring substituents is 1. The van der Waals surface area contributed by atoms with E-state index in [1.165, 1.54) is 18.2 Å². The lowest BCUT2D eigenvalue weighted by Crippen LogP contribution is -2.26. The van der Waals surface area contributed by atoms with Gasteiger partial charge in [-0.3, -0.25) is 29.8 Å². The summed E-state index contributed by atoms with van der Waals surface area (Å²) in [5.41, 5.74) is 2.15. The number of nitro groups is 2. The Morgan fingerprint density at radius 3 is 2.45 bits per heavy atom. The number of hydrogen-bond acceptors (Lipinski definition) is 8. The van der Waals surface area contributed by atoms with Crippen LogP contribution in [0.3, 0.4) is 0 Å². The highest BCUT2D eigenvalue weighted by atomic mass is 79.9. The number of fused-ring (bicyclic) bond motifs is 1. The minimum Gasteiger partial charge on any atom is -0.395 e. The van der Waals surface area contributed by atoms with Gasteiger partial charge < -0.3 is 9.40 Å². The van der Waals surface area contributed by atoms with Gasteiger partial charge in [0.2, 0.25) is 5.76 Å². The molecule has 0 spiro atoms. The Morgan fingerprint density at radius 1 is 0.952 bits per heavy atom. The first-order valence-electron chi connectivity index (χ1n) is 12.5. The maximum atomic E-state index is 13.7. The van der Waals surface area contributed by atoms with Crippen LogP contribution in [0, 0.1) is 20.2 Å². The van der Waals surface area contributed by atoms with E-state index in [1.807, 2.05) is 36.4 Å². The molecule has 5 aromatic rings. The zero-order valence-electron chi connectivity index (χ0n) is 21.4. The molecule has 0 fully saturated rings. The molecule has 0 aliphatic carbocycles. The Morgan fingerprint density at radius 2 is 1.74 bits per heavy atom. The largest absolute Gasteiger partial charge is 0.433 e. The van der Waals surface area contributed by atoms with Crippen LogP contribution in [0.4, 0.5) is 11.6 Å². The van der Waals surface area contributed by atoms with Crippen molar-refractivity contribution in [3.63, 3.8) is 0 Å². The van der Waals surface area contributed by atoms with Gasteiger partial charge in [-0.2, -0.15) is 5.10 Å². The fraction of sp³-hybridized carbons (Fsp3) is 0.0690. The van der Waals surface area contributed by atoms with Crippen molar-refractivity contribution in [2.75, 3.05) is 0 Å².